The van der Waals surface area contributed by atoms with Gasteiger partial charge in [0.1, 0.15) is 5.65 Å². The molecule has 1 aliphatic rings. The van der Waals surface area contributed by atoms with E-state index in [1.54, 1.807) is 0 Å². The quantitative estimate of drug-likeness (QED) is 0.727. The number of carbonyl (C=O) groups excluding carboxylic acids is 1. The first-order chi connectivity index (χ1) is 12.7. The van der Waals surface area contributed by atoms with Crippen LogP contribution in [0.5, 0.6) is 0 Å². The standard InChI is InChI=1S/C21H24N4O/c1-17-6-5-9-25-16-19(22-21(17)25)14-20(26)24-12-10-23(11-13-24)15-18-7-3-2-4-8-18/h2-9,16H,10-15H2,1H3. The van der Waals surface area contributed by atoms with Crippen LogP contribution in [0.25, 0.3) is 5.65 Å². The third-order valence-electron chi connectivity index (χ3n) is 5.03. The van der Waals surface area contributed by atoms with Crippen LogP contribution in [0.3, 0.4) is 0 Å². The molecule has 1 saturated heterocycles. The van der Waals surface area contributed by atoms with E-state index < -0.39 is 0 Å². The first-order valence-corrected chi connectivity index (χ1v) is 9.16. The third kappa shape index (κ3) is 3.63. The smallest absolute Gasteiger partial charge is 0.228 e. The summed E-state index contributed by atoms with van der Waals surface area (Å²) in [6.45, 7) is 6.42. The fraction of sp³-hybridized carbons (Fsp3) is 0.333. The van der Waals surface area contributed by atoms with Crippen LogP contribution in [-0.2, 0) is 17.8 Å². The van der Waals surface area contributed by atoms with Crippen LogP contribution in [0.15, 0.2) is 54.9 Å². The second kappa shape index (κ2) is 7.30. The van der Waals surface area contributed by atoms with Crippen LogP contribution in [0.4, 0.5) is 0 Å². The number of benzene rings is 1. The number of fused-ring (bicyclic) bond motifs is 1. The van der Waals surface area contributed by atoms with E-state index in [1.165, 1.54) is 5.56 Å². The van der Waals surface area contributed by atoms with E-state index in [9.17, 15) is 4.79 Å². The zero-order valence-corrected chi connectivity index (χ0v) is 15.1. The Morgan fingerprint density at radius 3 is 2.54 bits per heavy atom. The van der Waals surface area contributed by atoms with Crippen LogP contribution in [0.2, 0.25) is 0 Å². The number of pyridine rings is 1. The SMILES string of the molecule is Cc1cccn2cc(CC(=O)N3CCN(Cc4ccccc4)CC3)nc12. The molecular formula is C21H24N4O. The molecule has 0 unspecified atom stereocenters. The van der Waals surface area contributed by atoms with E-state index in [4.69, 9.17) is 0 Å². The number of nitrogens with zero attached hydrogens (tertiary/aromatic N) is 4. The molecule has 0 atom stereocenters. The van der Waals surface area contributed by atoms with Gasteiger partial charge < -0.3 is 9.30 Å². The van der Waals surface area contributed by atoms with Crippen molar-refractivity contribution < 1.29 is 4.79 Å². The predicted octanol–water partition coefficient (Wildman–Crippen LogP) is 2.53. The molecule has 0 saturated carbocycles. The van der Waals surface area contributed by atoms with Gasteiger partial charge in [-0.25, -0.2) is 4.98 Å². The Morgan fingerprint density at radius 1 is 1.04 bits per heavy atom. The minimum atomic E-state index is 0.172. The average Bonchev–Trinajstić information content (AvgIpc) is 3.07. The van der Waals surface area contributed by atoms with Gasteiger partial charge in [-0.3, -0.25) is 9.69 Å². The molecule has 2 aromatic heterocycles. The second-order valence-corrected chi connectivity index (χ2v) is 6.97. The molecule has 0 radical (unpaired) electrons. The molecule has 0 bridgehead atoms. The Labute approximate surface area is 153 Å². The maximum atomic E-state index is 12.7. The largest absolute Gasteiger partial charge is 0.340 e. The van der Waals surface area contributed by atoms with Crippen LogP contribution >= 0.6 is 0 Å². The molecular weight excluding hydrogens is 324 g/mol. The van der Waals surface area contributed by atoms with Crippen molar-refractivity contribution in [2.45, 2.75) is 19.9 Å². The lowest BCUT2D eigenvalue weighted by Crippen LogP contribution is -2.48. The van der Waals surface area contributed by atoms with Gasteiger partial charge in [-0.2, -0.15) is 0 Å². The molecule has 134 valence electrons. The number of hydrogen-bond acceptors (Lipinski definition) is 3. The van der Waals surface area contributed by atoms with E-state index in [1.807, 2.05) is 46.8 Å². The lowest BCUT2D eigenvalue weighted by molar-refractivity contribution is -0.132. The highest BCUT2D eigenvalue weighted by Gasteiger charge is 2.22. The Morgan fingerprint density at radius 2 is 1.81 bits per heavy atom. The Kier molecular flexibility index (Phi) is 4.71. The molecule has 5 nitrogen and oxygen atoms in total. The molecule has 0 spiro atoms. The van der Waals surface area contributed by atoms with Gasteiger partial charge in [0.15, 0.2) is 0 Å². The molecule has 1 amide bonds. The summed E-state index contributed by atoms with van der Waals surface area (Å²) < 4.78 is 2.00. The van der Waals surface area contributed by atoms with Crippen molar-refractivity contribution in [3.05, 3.63) is 71.7 Å². The number of aryl methyl sites for hydroxylation is 1. The number of aromatic nitrogens is 2. The van der Waals surface area contributed by atoms with Crippen molar-refractivity contribution in [2.75, 3.05) is 26.2 Å². The van der Waals surface area contributed by atoms with Crippen LogP contribution in [0, 0.1) is 6.92 Å². The predicted molar refractivity (Wildman–Crippen MR) is 102 cm³/mol. The molecule has 4 rings (SSSR count). The van der Waals surface area contributed by atoms with Gasteiger partial charge in [-0.05, 0) is 24.1 Å². The summed E-state index contributed by atoms with van der Waals surface area (Å²) in [5.41, 5.74) is 4.23. The van der Waals surface area contributed by atoms with Crippen molar-refractivity contribution in [3.8, 4) is 0 Å². The van der Waals surface area contributed by atoms with E-state index in [0.29, 0.717) is 6.42 Å². The number of amides is 1. The fourth-order valence-corrected chi connectivity index (χ4v) is 3.55. The molecule has 5 heteroatoms. The summed E-state index contributed by atoms with van der Waals surface area (Å²) in [5, 5.41) is 0. The van der Waals surface area contributed by atoms with Gasteiger partial charge in [-0.1, -0.05) is 36.4 Å². The van der Waals surface area contributed by atoms with E-state index in [-0.39, 0.29) is 5.91 Å². The van der Waals surface area contributed by atoms with Gasteiger partial charge in [0, 0.05) is 45.1 Å². The van der Waals surface area contributed by atoms with Crippen LogP contribution < -0.4 is 0 Å². The molecule has 3 aromatic rings. The summed E-state index contributed by atoms with van der Waals surface area (Å²) in [7, 11) is 0. The van der Waals surface area contributed by atoms with Crippen molar-refractivity contribution in [1.82, 2.24) is 19.2 Å². The Balaban J connectivity index is 1.33. The number of imidazole rings is 1. The maximum Gasteiger partial charge on any atom is 0.228 e. The average molecular weight is 348 g/mol. The van der Waals surface area contributed by atoms with Gasteiger partial charge in [0.2, 0.25) is 5.91 Å². The van der Waals surface area contributed by atoms with Crippen molar-refractivity contribution in [2.24, 2.45) is 0 Å². The van der Waals surface area contributed by atoms with E-state index in [0.717, 1.165) is 49.6 Å². The summed E-state index contributed by atoms with van der Waals surface area (Å²) in [6, 6.07) is 14.5. The molecule has 0 aliphatic carbocycles. The molecule has 0 N–H and O–H groups in total. The molecule has 26 heavy (non-hydrogen) atoms. The summed E-state index contributed by atoms with van der Waals surface area (Å²) in [5.74, 6) is 0.172. The van der Waals surface area contributed by atoms with Gasteiger partial charge in [0.25, 0.3) is 0 Å². The number of piperazine rings is 1. The summed E-state index contributed by atoms with van der Waals surface area (Å²) in [4.78, 5) is 21.7. The monoisotopic (exact) mass is 348 g/mol. The third-order valence-corrected chi connectivity index (χ3v) is 5.03. The van der Waals surface area contributed by atoms with Crippen molar-refractivity contribution in [1.29, 1.82) is 0 Å². The number of rotatable bonds is 4. The molecule has 3 heterocycles. The normalized spacial score (nSPS) is 15.5. The highest BCUT2D eigenvalue weighted by atomic mass is 16.2. The number of carbonyl (C=O) groups is 1. The molecule has 1 aliphatic heterocycles. The minimum absolute atomic E-state index is 0.172. The van der Waals surface area contributed by atoms with Crippen molar-refractivity contribution in [3.63, 3.8) is 0 Å². The topological polar surface area (TPSA) is 40.9 Å². The zero-order valence-electron chi connectivity index (χ0n) is 15.1. The highest BCUT2D eigenvalue weighted by Crippen LogP contribution is 2.13. The van der Waals surface area contributed by atoms with Crippen molar-refractivity contribution >= 4 is 11.6 Å². The Bertz CT molecular complexity index is 895. The van der Waals surface area contributed by atoms with Gasteiger partial charge >= 0.3 is 0 Å². The minimum Gasteiger partial charge on any atom is -0.340 e. The summed E-state index contributed by atoms with van der Waals surface area (Å²) in [6.07, 6.45) is 4.32. The van der Waals surface area contributed by atoms with Crippen LogP contribution in [0.1, 0.15) is 16.8 Å². The molecule has 1 fully saturated rings. The van der Waals surface area contributed by atoms with E-state index in [2.05, 4.69) is 34.1 Å². The second-order valence-electron chi connectivity index (χ2n) is 6.97. The zero-order chi connectivity index (χ0) is 17.9. The maximum absolute atomic E-state index is 12.7. The first kappa shape index (κ1) is 16.8. The first-order valence-electron chi connectivity index (χ1n) is 9.16. The molecule has 1 aromatic carbocycles. The lowest BCUT2D eigenvalue weighted by atomic mass is 10.2. The Hall–Kier alpha value is -2.66. The van der Waals surface area contributed by atoms with Crippen LogP contribution in [-0.4, -0.2) is 51.3 Å². The van der Waals surface area contributed by atoms with Gasteiger partial charge in [-0.15, -0.1) is 0 Å². The van der Waals surface area contributed by atoms with E-state index >= 15 is 0 Å². The summed E-state index contributed by atoms with van der Waals surface area (Å²) >= 11 is 0. The lowest BCUT2D eigenvalue weighted by Gasteiger charge is -2.34. The number of hydrogen-bond donors (Lipinski definition) is 0. The fourth-order valence-electron chi connectivity index (χ4n) is 3.55. The van der Waals surface area contributed by atoms with Gasteiger partial charge in [0.05, 0.1) is 12.1 Å². The highest BCUT2D eigenvalue weighted by molar-refractivity contribution is 5.78.